The molecule has 2 rings (SSSR count). The highest BCUT2D eigenvalue weighted by Crippen LogP contribution is 2.20. The van der Waals surface area contributed by atoms with Crippen LogP contribution in [0.5, 0.6) is 0 Å². The predicted molar refractivity (Wildman–Crippen MR) is 72.6 cm³/mol. The monoisotopic (exact) mass is 280 g/mol. The first-order valence-corrected chi connectivity index (χ1v) is 7.65. The zero-order chi connectivity index (χ0) is 14.0. The second-order valence-electron chi connectivity index (χ2n) is 4.49. The maximum Gasteiger partial charge on any atom is 0.175 e. The van der Waals surface area contributed by atoms with E-state index in [0.29, 0.717) is 11.4 Å². The van der Waals surface area contributed by atoms with Crippen molar-refractivity contribution in [1.29, 1.82) is 0 Å². The van der Waals surface area contributed by atoms with Crippen LogP contribution in [-0.2, 0) is 23.4 Å². The minimum Gasteiger partial charge on any atom is -0.379 e. The first-order valence-electron chi connectivity index (χ1n) is 5.76. The van der Waals surface area contributed by atoms with E-state index in [0.717, 1.165) is 16.9 Å². The molecule has 1 aromatic heterocycles. The summed E-state index contributed by atoms with van der Waals surface area (Å²) in [6.07, 6.45) is 3.01. The van der Waals surface area contributed by atoms with Gasteiger partial charge < -0.3 is 5.32 Å². The van der Waals surface area contributed by atoms with Gasteiger partial charge in [0.15, 0.2) is 9.84 Å². The van der Waals surface area contributed by atoms with E-state index < -0.39 is 9.84 Å². The zero-order valence-electron chi connectivity index (χ0n) is 11.1. The van der Waals surface area contributed by atoms with Gasteiger partial charge in [0.1, 0.15) is 5.69 Å². The number of benzene rings is 1. The lowest BCUT2D eigenvalue weighted by Gasteiger charge is -2.09. The first-order chi connectivity index (χ1) is 8.86. The summed E-state index contributed by atoms with van der Waals surface area (Å²) < 4.78 is 24.7. The third-order valence-electron chi connectivity index (χ3n) is 2.75. The fourth-order valence-electron chi connectivity index (χ4n) is 1.68. The molecule has 0 saturated carbocycles. The minimum atomic E-state index is -3.19. The molecule has 0 aliphatic heterocycles. The van der Waals surface area contributed by atoms with Crippen molar-refractivity contribution in [3.63, 3.8) is 0 Å². The van der Waals surface area contributed by atoms with Gasteiger partial charge in [-0.1, -0.05) is 11.3 Å². The van der Waals surface area contributed by atoms with Crippen LogP contribution in [0.3, 0.4) is 0 Å². The van der Waals surface area contributed by atoms with Gasteiger partial charge in [0, 0.05) is 25.2 Å². The lowest BCUT2D eigenvalue weighted by Crippen LogP contribution is -2.04. The van der Waals surface area contributed by atoms with Crippen molar-refractivity contribution in [2.45, 2.75) is 18.4 Å². The number of sulfone groups is 1. The van der Waals surface area contributed by atoms with Gasteiger partial charge in [-0.15, -0.1) is 5.10 Å². The summed E-state index contributed by atoms with van der Waals surface area (Å²) in [4.78, 5) is 0.305. The molecule has 6 nitrogen and oxygen atoms in total. The number of hydrogen-bond donors (Lipinski definition) is 1. The molecule has 0 aliphatic carbocycles. The van der Waals surface area contributed by atoms with E-state index in [-0.39, 0.29) is 0 Å². The molecule has 1 N–H and O–H groups in total. The molecule has 0 amide bonds. The number of nitrogens with one attached hydrogen (secondary N) is 1. The number of anilines is 1. The van der Waals surface area contributed by atoms with Gasteiger partial charge in [-0.05, 0) is 24.6 Å². The van der Waals surface area contributed by atoms with Crippen molar-refractivity contribution in [1.82, 2.24) is 15.0 Å². The highest BCUT2D eigenvalue weighted by molar-refractivity contribution is 7.90. The highest BCUT2D eigenvalue weighted by atomic mass is 32.2. The van der Waals surface area contributed by atoms with E-state index in [9.17, 15) is 8.42 Å². The van der Waals surface area contributed by atoms with Gasteiger partial charge in [0.05, 0.1) is 11.4 Å². The van der Waals surface area contributed by atoms with Crippen LogP contribution < -0.4 is 5.32 Å². The normalized spacial score (nSPS) is 11.5. The molecule has 102 valence electrons. The first kappa shape index (κ1) is 13.5. The fourth-order valence-corrected chi connectivity index (χ4v) is 2.33. The Morgan fingerprint density at radius 3 is 2.68 bits per heavy atom. The zero-order valence-corrected chi connectivity index (χ0v) is 11.9. The molecular formula is C12H16N4O2S. The predicted octanol–water partition coefficient (Wildman–Crippen LogP) is 1.14. The maximum atomic E-state index is 11.5. The van der Waals surface area contributed by atoms with Gasteiger partial charge in [0.25, 0.3) is 0 Å². The van der Waals surface area contributed by atoms with E-state index in [2.05, 4.69) is 15.6 Å². The summed E-state index contributed by atoms with van der Waals surface area (Å²) in [7, 11) is -1.40. The molecular weight excluding hydrogens is 264 g/mol. The van der Waals surface area contributed by atoms with Gasteiger partial charge in [-0.25, -0.2) is 8.42 Å². The second-order valence-corrected chi connectivity index (χ2v) is 6.50. The smallest absolute Gasteiger partial charge is 0.175 e. The lowest BCUT2D eigenvalue weighted by atomic mass is 10.2. The number of aromatic nitrogens is 3. The standard InChI is InChI=1S/C12H16N4O2S/c1-9-4-5-11(19(3,17)18)6-12(9)13-7-10-8-16(2)15-14-10/h4-6,8,13H,7H2,1-3H3. The average Bonchev–Trinajstić information content (AvgIpc) is 2.72. The summed E-state index contributed by atoms with van der Waals surface area (Å²) in [6.45, 7) is 2.42. The molecule has 0 unspecified atom stereocenters. The van der Waals surface area contributed by atoms with Gasteiger partial charge in [-0.2, -0.15) is 0 Å². The molecule has 0 aliphatic rings. The molecule has 1 aromatic carbocycles. The largest absolute Gasteiger partial charge is 0.379 e. The molecule has 19 heavy (non-hydrogen) atoms. The Morgan fingerprint density at radius 1 is 1.37 bits per heavy atom. The quantitative estimate of drug-likeness (QED) is 0.908. The summed E-state index contributed by atoms with van der Waals surface area (Å²) in [6, 6.07) is 5.04. The van der Waals surface area contributed by atoms with E-state index in [1.807, 2.05) is 13.1 Å². The van der Waals surface area contributed by atoms with Crippen LogP contribution in [0.4, 0.5) is 5.69 Å². The Morgan fingerprint density at radius 2 is 2.11 bits per heavy atom. The number of nitrogens with zero attached hydrogens (tertiary/aromatic N) is 3. The molecule has 2 aromatic rings. The van der Waals surface area contributed by atoms with Crippen LogP contribution in [0, 0.1) is 6.92 Å². The van der Waals surface area contributed by atoms with Crippen LogP contribution in [0.25, 0.3) is 0 Å². The molecule has 0 fully saturated rings. The van der Waals surface area contributed by atoms with Crippen molar-refractivity contribution < 1.29 is 8.42 Å². The average molecular weight is 280 g/mol. The summed E-state index contributed by atoms with van der Waals surface area (Å²) in [5.41, 5.74) is 2.57. The van der Waals surface area contributed by atoms with Crippen molar-refractivity contribution in [2.24, 2.45) is 7.05 Å². The Balaban J connectivity index is 2.20. The summed E-state index contributed by atoms with van der Waals surface area (Å²) in [5.74, 6) is 0. The third-order valence-corrected chi connectivity index (χ3v) is 3.86. The summed E-state index contributed by atoms with van der Waals surface area (Å²) in [5, 5.41) is 11.0. The SMILES string of the molecule is Cc1ccc(S(C)(=O)=O)cc1NCc1cn(C)nn1. The van der Waals surface area contributed by atoms with E-state index in [1.165, 1.54) is 6.26 Å². The lowest BCUT2D eigenvalue weighted by molar-refractivity contribution is 0.602. The number of aryl methyl sites for hydroxylation is 2. The van der Waals surface area contributed by atoms with Crippen LogP contribution in [0.2, 0.25) is 0 Å². The molecule has 0 spiro atoms. The molecule has 0 radical (unpaired) electrons. The van der Waals surface area contributed by atoms with Crippen molar-refractivity contribution in [3.05, 3.63) is 35.7 Å². The van der Waals surface area contributed by atoms with Crippen molar-refractivity contribution >= 4 is 15.5 Å². The summed E-state index contributed by atoms with van der Waals surface area (Å²) >= 11 is 0. The van der Waals surface area contributed by atoms with Gasteiger partial charge >= 0.3 is 0 Å². The second kappa shape index (κ2) is 5.00. The molecule has 0 saturated heterocycles. The van der Waals surface area contributed by atoms with Crippen molar-refractivity contribution in [3.8, 4) is 0 Å². The van der Waals surface area contributed by atoms with Crippen LogP contribution in [0.15, 0.2) is 29.3 Å². The van der Waals surface area contributed by atoms with Crippen molar-refractivity contribution in [2.75, 3.05) is 11.6 Å². The Bertz CT molecular complexity index is 692. The highest BCUT2D eigenvalue weighted by Gasteiger charge is 2.09. The molecule has 7 heteroatoms. The van der Waals surface area contributed by atoms with Crippen LogP contribution in [-0.4, -0.2) is 29.7 Å². The molecule has 0 atom stereocenters. The van der Waals surface area contributed by atoms with E-state index in [1.54, 1.807) is 29.9 Å². The van der Waals surface area contributed by atoms with Gasteiger partial charge in [-0.3, -0.25) is 4.68 Å². The number of rotatable bonds is 4. The Labute approximate surface area is 112 Å². The Hall–Kier alpha value is -1.89. The Kier molecular flexibility index (Phi) is 3.57. The maximum absolute atomic E-state index is 11.5. The number of hydrogen-bond acceptors (Lipinski definition) is 5. The topological polar surface area (TPSA) is 76.9 Å². The third kappa shape index (κ3) is 3.31. The molecule has 1 heterocycles. The van der Waals surface area contributed by atoms with E-state index >= 15 is 0 Å². The van der Waals surface area contributed by atoms with E-state index in [4.69, 9.17) is 0 Å². The molecule has 0 bridgehead atoms. The van der Waals surface area contributed by atoms with Gasteiger partial charge in [0.2, 0.25) is 0 Å². The fraction of sp³-hybridized carbons (Fsp3) is 0.333. The van der Waals surface area contributed by atoms with Crippen LogP contribution in [0.1, 0.15) is 11.3 Å². The van der Waals surface area contributed by atoms with Crippen LogP contribution >= 0.6 is 0 Å². The minimum absolute atomic E-state index is 0.305.